The Morgan fingerprint density at radius 1 is 1.00 bits per heavy atom. The zero-order valence-electron chi connectivity index (χ0n) is 18.9. The highest BCUT2D eigenvalue weighted by Crippen LogP contribution is 2.31. The van der Waals surface area contributed by atoms with Crippen molar-refractivity contribution < 1.29 is 9.84 Å². The molecule has 0 radical (unpaired) electrons. The first-order chi connectivity index (χ1) is 14.9. The number of hydrogen-bond acceptors (Lipinski definition) is 5. The van der Waals surface area contributed by atoms with Gasteiger partial charge in [-0.05, 0) is 29.2 Å². The van der Waals surface area contributed by atoms with Crippen LogP contribution in [0.4, 0.5) is 0 Å². The van der Waals surface area contributed by atoms with E-state index in [0.717, 1.165) is 49.8 Å². The molecule has 3 heterocycles. The van der Waals surface area contributed by atoms with E-state index in [1.165, 1.54) is 5.56 Å². The number of aliphatic hydroxyl groups is 1. The quantitative estimate of drug-likeness (QED) is 0.634. The number of nitrogens with zero attached hydrogens (tertiary/aromatic N) is 4. The summed E-state index contributed by atoms with van der Waals surface area (Å²) in [7, 11) is 0. The van der Waals surface area contributed by atoms with Crippen LogP contribution in [0.1, 0.15) is 32.0 Å². The van der Waals surface area contributed by atoms with Gasteiger partial charge in [-0.1, -0.05) is 45.0 Å². The molecule has 3 aromatic rings. The minimum Gasteiger partial charge on any atom is -0.491 e. The molecule has 0 spiro atoms. The maximum atomic E-state index is 10.5. The number of ether oxygens (including phenoxy) is 1. The fourth-order valence-electron chi connectivity index (χ4n) is 4.17. The molecule has 2 aromatic heterocycles. The van der Waals surface area contributed by atoms with Gasteiger partial charge < -0.3 is 14.2 Å². The molecule has 4 rings (SSSR count). The van der Waals surface area contributed by atoms with Gasteiger partial charge in [-0.3, -0.25) is 9.80 Å². The second-order valence-corrected chi connectivity index (χ2v) is 9.49. The number of aromatic nitrogens is 2. The number of hydrogen-bond donors (Lipinski definition) is 1. The van der Waals surface area contributed by atoms with Crippen molar-refractivity contribution in [2.75, 3.05) is 39.3 Å². The third kappa shape index (κ3) is 5.64. The summed E-state index contributed by atoms with van der Waals surface area (Å²) in [6.45, 7) is 12.2. The Balaban J connectivity index is 1.23. The molecule has 166 valence electrons. The van der Waals surface area contributed by atoms with Gasteiger partial charge in [0.05, 0.1) is 5.69 Å². The van der Waals surface area contributed by atoms with E-state index >= 15 is 0 Å². The van der Waals surface area contributed by atoms with Crippen LogP contribution >= 0.6 is 0 Å². The predicted octanol–water partition coefficient (Wildman–Crippen LogP) is 3.19. The van der Waals surface area contributed by atoms with Crippen LogP contribution in [0.2, 0.25) is 0 Å². The number of rotatable bonds is 7. The smallest absolute Gasteiger partial charge is 0.137 e. The lowest BCUT2D eigenvalue weighted by atomic mass is 9.86. The molecular formula is C25H34N4O2. The maximum absolute atomic E-state index is 10.5. The third-order valence-electron chi connectivity index (χ3n) is 5.86. The monoisotopic (exact) mass is 422 g/mol. The Bertz CT molecular complexity index is 953. The normalized spacial score (nSPS) is 17.2. The minimum atomic E-state index is -0.502. The van der Waals surface area contributed by atoms with E-state index in [9.17, 15) is 5.11 Å². The summed E-state index contributed by atoms with van der Waals surface area (Å²) in [5, 5.41) is 10.5. The summed E-state index contributed by atoms with van der Waals surface area (Å²) in [6.07, 6.45) is 3.64. The summed E-state index contributed by atoms with van der Waals surface area (Å²) in [5.74, 6) is 0.867. The fraction of sp³-hybridized carbons (Fsp3) is 0.480. The first-order valence-electron chi connectivity index (χ1n) is 11.2. The van der Waals surface area contributed by atoms with E-state index in [1.807, 2.05) is 42.6 Å². The number of aliphatic hydroxyl groups excluding tert-OH is 1. The van der Waals surface area contributed by atoms with Crippen molar-refractivity contribution >= 4 is 5.65 Å². The van der Waals surface area contributed by atoms with E-state index in [-0.39, 0.29) is 5.41 Å². The molecule has 1 fully saturated rings. The van der Waals surface area contributed by atoms with Crippen molar-refractivity contribution in [2.24, 2.45) is 0 Å². The molecule has 0 aliphatic carbocycles. The van der Waals surface area contributed by atoms with Crippen molar-refractivity contribution in [3.63, 3.8) is 0 Å². The highest BCUT2D eigenvalue weighted by atomic mass is 16.5. The first-order valence-corrected chi connectivity index (χ1v) is 11.2. The molecule has 31 heavy (non-hydrogen) atoms. The van der Waals surface area contributed by atoms with Crippen LogP contribution in [-0.2, 0) is 12.0 Å². The SMILES string of the molecule is CC(C)(C)c1ccccc1OC[C@@H](O)CN1CCN(Cc2cn3ccccc3n2)CC1. The van der Waals surface area contributed by atoms with E-state index in [0.29, 0.717) is 13.2 Å². The van der Waals surface area contributed by atoms with Gasteiger partial charge in [0, 0.05) is 51.7 Å². The average molecular weight is 423 g/mol. The summed E-state index contributed by atoms with van der Waals surface area (Å²) < 4.78 is 8.07. The van der Waals surface area contributed by atoms with Crippen molar-refractivity contribution in [3.05, 3.63) is 66.1 Å². The van der Waals surface area contributed by atoms with Gasteiger partial charge in [0.25, 0.3) is 0 Å². The summed E-state index contributed by atoms with van der Waals surface area (Å²) in [4.78, 5) is 9.46. The standard InChI is InChI=1S/C25H34N4O2/c1-25(2,3)22-8-4-5-9-23(22)31-19-21(30)18-28-14-12-27(13-15-28)16-20-17-29-11-7-6-10-24(29)26-20/h4-11,17,21,30H,12-16,18-19H2,1-3H3/t21-/m0/s1. The van der Waals surface area contributed by atoms with Gasteiger partial charge in [-0.15, -0.1) is 0 Å². The Morgan fingerprint density at radius 2 is 1.71 bits per heavy atom. The molecular weight excluding hydrogens is 388 g/mol. The van der Waals surface area contributed by atoms with Crippen LogP contribution in [0.25, 0.3) is 5.65 Å². The maximum Gasteiger partial charge on any atom is 0.137 e. The number of fused-ring (bicyclic) bond motifs is 1. The molecule has 6 nitrogen and oxygen atoms in total. The largest absolute Gasteiger partial charge is 0.491 e. The highest BCUT2D eigenvalue weighted by Gasteiger charge is 2.22. The van der Waals surface area contributed by atoms with Gasteiger partial charge in [0.15, 0.2) is 0 Å². The van der Waals surface area contributed by atoms with Crippen molar-refractivity contribution in [2.45, 2.75) is 38.8 Å². The van der Waals surface area contributed by atoms with Crippen LogP contribution in [0, 0.1) is 0 Å². The number of para-hydroxylation sites is 1. The fourth-order valence-corrected chi connectivity index (χ4v) is 4.17. The van der Waals surface area contributed by atoms with Crippen LogP contribution in [0.15, 0.2) is 54.9 Å². The van der Waals surface area contributed by atoms with E-state index < -0.39 is 6.10 Å². The molecule has 1 aliphatic rings. The number of benzene rings is 1. The molecule has 0 amide bonds. The summed E-state index contributed by atoms with van der Waals surface area (Å²) >= 11 is 0. The molecule has 1 saturated heterocycles. The molecule has 1 aromatic carbocycles. The van der Waals surface area contributed by atoms with Crippen LogP contribution in [0.3, 0.4) is 0 Å². The first kappa shape index (κ1) is 21.8. The Labute approximate surface area is 185 Å². The number of β-amino-alcohol motifs (C(OH)–C–C–N with tert-alkyl or cyclic N) is 1. The lowest BCUT2D eigenvalue weighted by Crippen LogP contribution is -2.48. The third-order valence-corrected chi connectivity index (χ3v) is 5.86. The van der Waals surface area contributed by atoms with E-state index in [1.54, 1.807) is 0 Å². The predicted molar refractivity (Wildman–Crippen MR) is 124 cm³/mol. The number of imidazole rings is 1. The Kier molecular flexibility index (Phi) is 6.60. The molecule has 1 aliphatic heterocycles. The van der Waals surface area contributed by atoms with Crippen molar-refractivity contribution in [3.8, 4) is 5.75 Å². The van der Waals surface area contributed by atoms with Crippen molar-refractivity contribution in [1.29, 1.82) is 0 Å². The topological polar surface area (TPSA) is 53.2 Å². The van der Waals surface area contributed by atoms with E-state index in [2.05, 4.69) is 47.2 Å². The van der Waals surface area contributed by atoms with Crippen LogP contribution in [0.5, 0.6) is 5.75 Å². The minimum absolute atomic E-state index is 0.0127. The molecule has 0 bridgehead atoms. The van der Waals surface area contributed by atoms with E-state index in [4.69, 9.17) is 9.72 Å². The number of piperazine rings is 1. The van der Waals surface area contributed by atoms with Crippen LogP contribution in [-0.4, -0.2) is 69.7 Å². The second-order valence-electron chi connectivity index (χ2n) is 9.49. The lowest BCUT2D eigenvalue weighted by molar-refractivity contribution is 0.0440. The number of pyridine rings is 1. The van der Waals surface area contributed by atoms with Gasteiger partial charge >= 0.3 is 0 Å². The second kappa shape index (κ2) is 9.39. The van der Waals surface area contributed by atoms with Crippen molar-refractivity contribution in [1.82, 2.24) is 19.2 Å². The van der Waals surface area contributed by atoms with Crippen LogP contribution < -0.4 is 4.74 Å². The van der Waals surface area contributed by atoms with Gasteiger partial charge in [-0.25, -0.2) is 4.98 Å². The lowest BCUT2D eigenvalue weighted by Gasteiger charge is -2.35. The molecule has 0 unspecified atom stereocenters. The molecule has 0 saturated carbocycles. The molecule has 1 N–H and O–H groups in total. The highest BCUT2D eigenvalue weighted by molar-refractivity contribution is 5.39. The Hall–Kier alpha value is -2.41. The average Bonchev–Trinajstić information content (AvgIpc) is 3.15. The Morgan fingerprint density at radius 3 is 2.45 bits per heavy atom. The zero-order valence-corrected chi connectivity index (χ0v) is 18.9. The van der Waals surface area contributed by atoms with Gasteiger partial charge in [-0.2, -0.15) is 0 Å². The summed E-state index contributed by atoms with van der Waals surface area (Å²) in [6, 6.07) is 14.2. The molecule has 6 heteroatoms. The molecule has 1 atom stereocenters. The van der Waals surface area contributed by atoms with Gasteiger partial charge in [0.1, 0.15) is 24.1 Å². The van der Waals surface area contributed by atoms with Gasteiger partial charge in [0.2, 0.25) is 0 Å². The summed E-state index contributed by atoms with van der Waals surface area (Å²) in [5.41, 5.74) is 3.28. The zero-order chi connectivity index (χ0) is 21.8.